The van der Waals surface area contributed by atoms with Crippen LogP contribution in [0.3, 0.4) is 0 Å². The number of benzene rings is 1. The Morgan fingerprint density at radius 1 is 1.35 bits per heavy atom. The van der Waals surface area contributed by atoms with Crippen LogP contribution in [0.5, 0.6) is 0 Å². The number of ether oxygens (including phenoxy) is 1. The molecular weight excluding hydrogens is 290 g/mol. The van der Waals surface area contributed by atoms with E-state index in [0.29, 0.717) is 5.41 Å². The lowest BCUT2D eigenvalue weighted by Gasteiger charge is -2.60. The van der Waals surface area contributed by atoms with E-state index in [0.717, 1.165) is 31.6 Å². The fourth-order valence-corrected chi connectivity index (χ4v) is 3.79. The molecule has 23 heavy (non-hydrogen) atoms. The summed E-state index contributed by atoms with van der Waals surface area (Å²) < 4.78 is 5.31. The summed E-state index contributed by atoms with van der Waals surface area (Å²) in [5, 5.41) is 2.97. The number of nitrogens with two attached hydrogens (primary N) is 1. The minimum absolute atomic E-state index is 0.250. The van der Waals surface area contributed by atoms with Crippen LogP contribution in [0.2, 0.25) is 0 Å². The van der Waals surface area contributed by atoms with Crippen LogP contribution in [0.15, 0.2) is 18.2 Å². The van der Waals surface area contributed by atoms with E-state index in [1.165, 1.54) is 11.3 Å². The largest absolute Gasteiger partial charge is 0.444 e. The molecule has 1 saturated heterocycles. The predicted octanol–water partition coefficient (Wildman–Crippen LogP) is 3.07. The van der Waals surface area contributed by atoms with Crippen molar-refractivity contribution in [3.63, 3.8) is 0 Å². The molecule has 1 aromatic carbocycles. The van der Waals surface area contributed by atoms with Crippen LogP contribution in [0.1, 0.15) is 39.2 Å². The molecule has 0 unspecified atom stereocenters. The van der Waals surface area contributed by atoms with Gasteiger partial charge in [-0.05, 0) is 64.3 Å². The Labute approximate surface area is 138 Å². The summed E-state index contributed by atoms with van der Waals surface area (Å²) in [5.41, 5.74) is 9.05. The normalized spacial score (nSPS) is 19.9. The van der Waals surface area contributed by atoms with Crippen molar-refractivity contribution in [2.45, 2.75) is 52.2 Å². The minimum atomic E-state index is -0.439. The number of alkyl carbamates (subject to hydrolysis) is 1. The van der Waals surface area contributed by atoms with Crippen molar-refractivity contribution in [2.24, 2.45) is 5.41 Å². The molecule has 3 N–H and O–H groups in total. The summed E-state index contributed by atoms with van der Waals surface area (Å²) in [7, 11) is 0. The minimum Gasteiger partial charge on any atom is -0.444 e. The quantitative estimate of drug-likeness (QED) is 0.823. The molecule has 1 amide bonds. The van der Waals surface area contributed by atoms with E-state index in [1.54, 1.807) is 0 Å². The number of amides is 1. The van der Waals surface area contributed by atoms with Crippen LogP contribution >= 0.6 is 0 Å². The maximum atomic E-state index is 11.8. The number of nitrogens with zero attached hydrogens (tertiary/aromatic N) is 1. The molecule has 0 atom stereocenters. The summed E-state index contributed by atoms with van der Waals surface area (Å²) in [6.07, 6.45) is 1.77. The van der Waals surface area contributed by atoms with E-state index in [1.807, 2.05) is 32.9 Å². The third kappa shape index (κ3) is 3.38. The molecule has 0 aromatic heterocycles. The van der Waals surface area contributed by atoms with Crippen molar-refractivity contribution in [1.82, 2.24) is 5.32 Å². The lowest BCUT2D eigenvalue weighted by atomic mass is 9.60. The third-order valence-corrected chi connectivity index (χ3v) is 4.69. The molecule has 0 bridgehead atoms. The van der Waals surface area contributed by atoms with E-state index < -0.39 is 5.60 Å². The van der Waals surface area contributed by atoms with Gasteiger partial charge in [0.1, 0.15) is 5.60 Å². The molecule has 3 rings (SSSR count). The molecule has 5 nitrogen and oxygen atoms in total. The highest BCUT2D eigenvalue weighted by atomic mass is 16.6. The molecule has 1 aliphatic carbocycles. The number of hydrogen-bond acceptors (Lipinski definition) is 4. The van der Waals surface area contributed by atoms with Crippen molar-refractivity contribution < 1.29 is 9.53 Å². The number of nitrogens with one attached hydrogen (secondary N) is 1. The van der Waals surface area contributed by atoms with Gasteiger partial charge in [-0.25, -0.2) is 4.79 Å². The highest BCUT2D eigenvalue weighted by molar-refractivity contribution is 5.68. The zero-order valence-corrected chi connectivity index (χ0v) is 14.5. The second-order valence-corrected chi connectivity index (χ2v) is 8.15. The number of anilines is 2. The molecule has 1 aliphatic heterocycles. The number of rotatable bonds is 2. The lowest BCUT2D eigenvalue weighted by Crippen LogP contribution is -2.67. The molecule has 126 valence electrons. The van der Waals surface area contributed by atoms with Crippen molar-refractivity contribution in [3.8, 4) is 0 Å². The van der Waals surface area contributed by atoms with Crippen molar-refractivity contribution in [1.29, 1.82) is 0 Å². The Hall–Kier alpha value is -1.91. The zero-order chi connectivity index (χ0) is 16.8. The monoisotopic (exact) mass is 317 g/mol. The average Bonchev–Trinajstić information content (AvgIpc) is 2.29. The van der Waals surface area contributed by atoms with E-state index in [9.17, 15) is 4.79 Å². The smallest absolute Gasteiger partial charge is 0.407 e. The molecule has 1 heterocycles. The van der Waals surface area contributed by atoms with E-state index in [-0.39, 0.29) is 12.1 Å². The third-order valence-electron chi connectivity index (χ3n) is 4.69. The first-order valence-electron chi connectivity index (χ1n) is 8.26. The Morgan fingerprint density at radius 3 is 2.57 bits per heavy atom. The van der Waals surface area contributed by atoms with E-state index in [4.69, 9.17) is 10.5 Å². The van der Waals surface area contributed by atoms with Crippen molar-refractivity contribution in [3.05, 3.63) is 23.8 Å². The predicted molar refractivity (Wildman–Crippen MR) is 92.6 cm³/mol. The lowest BCUT2D eigenvalue weighted by molar-refractivity contribution is 0.0215. The first-order valence-corrected chi connectivity index (χ1v) is 8.26. The summed E-state index contributed by atoms with van der Waals surface area (Å²) in [6, 6.07) is 6.33. The van der Waals surface area contributed by atoms with E-state index in [2.05, 4.69) is 23.2 Å². The summed E-state index contributed by atoms with van der Waals surface area (Å²) >= 11 is 0. The van der Waals surface area contributed by atoms with Gasteiger partial charge < -0.3 is 20.7 Å². The topological polar surface area (TPSA) is 67.6 Å². The van der Waals surface area contributed by atoms with Gasteiger partial charge in [0.2, 0.25) is 0 Å². The van der Waals surface area contributed by atoms with Gasteiger partial charge >= 0.3 is 6.09 Å². The average molecular weight is 317 g/mol. The van der Waals surface area contributed by atoms with Gasteiger partial charge in [0.25, 0.3) is 0 Å². The Balaban J connectivity index is 1.47. The van der Waals surface area contributed by atoms with Gasteiger partial charge in [0, 0.05) is 35.9 Å². The Bertz CT molecular complexity index is 607. The van der Waals surface area contributed by atoms with Gasteiger partial charge in [-0.3, -0.25) is 0 Å². The first-order chi connectivity index (χ1) is 10.7. The van der Waals surface area contributed by atoms with Crippen molar-refractivity contribution >= 4 is 17.5 Å². The molecule has 2 fully saturated rings. The molecule has 1 aromatic rings. The standard InChI is InChI=1S/C18H27N3O2/c1-12-7-13(19)5-6-15(12)21-10-18(11-21)8-14(9-18)20-16(22)23-17(2,3)4/h5-7,14H,8-11,19H2,1-4H3,(H,20,22). The van der Waals surface area contributed by atoms with Crippen molar-refractivity contribution in [2.75, 3.05) is 23.7 Å². The summed E-state index contributed by atoms with van der Waals surface area (Å²) in [6.45, 7) is 9.87. The van der Waals surface area contributed by atoms with Crippen LogP contribution in [0.4, 0.5) is 16.2 Å². The van der Waals surface area contributed by atoms with Gasteiger partial charge in [0.15, 0.2) is 0 Å². The molecule has 5 heteroatoms. The second-order valence-electron chi connectivity index (χ2n) is 8.15. The maximum absolute atomic E-state index is 11.8. The number of aryl methyl sites for hydroxylation is 1. The molecule has 1 saturated carbocycles. The van der Waals surface area contributed by atoms with Gasteiger partial charge in [-0.2, -0.15) is 0 Å². The maximum Gasteiger partial charge on any atom is 0.407 e. The highest BCUT2D eigenvalue weighted by Gasteiger charge is 2.53. The Morgan fingerprint density at radius 2 is 2.00 bits per heavy atom. The zero-order valence-electron chi connectivity index (χ0n) is 14.5. The highest BCUT2D eigenvalue weighted by Crippen LogP contribution is 2.50. The van der Waals surface area contributed by atoms with Gasteiger partial charge in [-0.1, -0.05) is 0 Å². The number of carbonyl (C=O) groups is 1. The van der Waals surface area contributed by atoms with Gasteiger partial charge in [0.05, 0.1) is 0 Å². The first kappa shape index (κ1) is 16.0. The molecule has 2 aliphatic rings. The summed E-state index contributed by atoms with van der Waals surface area (Å²) in [5.74, 6) is 0. The fourth-order valence-electron chi connectivity index (χ4n) is 3.79. The second kappa shape index (κ2) is 5.32. The van der Waals surface area contributed by atoms with Crippen LogP contribution in [-0.2, 0) is 4.74 Å². The van der Waals surface area contributed by atoms with E-state index >= 15 is 0 Å². The SMILES string of the molecule is Cc1cc(N)ccc1N1CC2(CC(NC(=O)OC(C)(C)C)C2)C1. The Kier molecular flexibility index (Phi) is 3.69. The van der Waals surface area contributed by atoms with Crippen LogP contribution in [-0.4, -0.2) is 30.8 Å². The number of carbonyl (C=O) groups excluding carboxylic acids is 1. The number of nitrogen functional groups attached to an aromatic ring is 1. The van der Waals surface area contributed by atoms with Crippen LogP contribution in [0.25, 0.3) is 0 Å². The molecular formula is C18H27N3O2. The fraction of sp³-hybridized carbons (Fsp3) is 0.611. The molecule has 1 spiro atoms. The summed E-state index contributed by atoms with van der Waals surface area (Å²) in [4.78, 5) is 14.2. The van der Waals surface area contributed by atoms with Crippen LogP contribution in [0, 0.1) is 12.3 Å². The number of hydrogen-bond donors (Lipinski definition) is 2. The van der Waals surface area contributed by atoms with Gasteiger partial charge in [-0.15, -0.1) is 0 Å². The van der Waals surface area contributed by atoms with Crippen LogP contribution < -0.4 is 16.0 Å². The molecule has 0 radical (unpaired) electrons.